The second-order valence-electron chi connectivity index (χ2n) is 1.79. The molecule has 0 aromatic rings. The Bertz CT molecular complexity index is 77.7. The van der Waals surface area contributed by atoms with Gasteiger partial charge in [-0.1, -0.05) is 0 Å². The molecule has 2 atom stereocenters. The van der Waals surface area contributed by atoms with Crippen LogP contribution in [-0.2, 0) is 4.74 Å². The van der Waals surface area contributed by atoms with E-state index in [0.29, 0.717) is 6.54 Å². The predicted molar refractivity (Wildman–Crippen MR) is 29.7 cm³/mol. The molecule has 1 fully saturated rings. The Morgan fingerprint density at radius 3 is 2.62 bits per heavy atom. The Morgan fingerprint density at radius 1 is 1.62 bits per heavy atom. The van der Waals surface area contributed by atoms with Gasteiger partial charge in [-0.3, -0.25) is 0 Å². The molecule has 4 heteroatoms. The maximum absolute atomic E-state index is 5.27. The topological polar surface area (TPSA) is 59.3 Å². The molecule has 0 aliphatic carbocycles. The molecule has 0 radical (unpaired) electrons. The van der Waals surface area contributed by atoms with Gasteiger partial charge in [-0.2, -0.15) is 0 Å². The molecule has 0 saturated carbocycles. The molecular weight excluding hydrogens is 106 g/mol. The zero-order valence-electron chi connectivity index (χ0n) is 4.85. The molecule has 4 nitrogen and oxygen atoms in total. The van der Waals surface area contributed by atoms with Gasteiger partial charge in [0, 0.05) is 6.54 Å². The Labute approximate surface area is 48.4 Å². The van der Waals surface area contributed by atoms with Crippen LogP contribution in [0.1, 0.15) is 6.92 Å². The van der Waals surface area contributed by atoms with Crippen LogP contribution >= 0.6 is 0 Å². The molecule has 48 valence electrons. The summed E-state index contributed by atoms with van der Waals surface area (Å²) >= 11 is 0. The van der Waals surface area contributed by atoms with Crippen molar-refractivity contribution in [3.8, 4) is 0 Å². The highest BCUT2D eigenvalue weighted by atomic mass is 16.5. The molecule has 1 rings (SSSR count). The Balaban J connectivity index is 2.22. The maximum Gasteiger partial charge on any atom is 0.134 e. The van der Waals surface area contributed by atoms with Crippen LogP contribution in [0.4, 0.5) is 0 Å². The van der Waals surface area contributed by atoms with Crippen molar-refractivity contribution in [2.24, 2.45) is 5.73 Å². The first kappa shape index (κ1) is 5.97. The Kier molecular flexibility index (Phi) is 1.80. The van der Waals surface area contributed by atoms with Gasteiger partial charge in [0.15, 0.2) is 0 Å². The van der Waals surface area contributed by atoms with Crippen LogP contribution < -0.4 is 16.6 Å². The predicted octanol–water partition coefficient (Wildman–Crippen LogP) is -1.26. The third-order valence-electron chi connectivity index (χ3n) is 1.03. The number of nitrogens with one attached hydrogen (secondary N) is 2. The van der Waals surface area contributed by atoms with Crippen LogP contribution in [0.3, 0.4) is 0 Å². The van der Waals surface area contributed by atoms with Crippen molar-refractivity contribution in [3.63, 3.8) is 0 Å². The second kappa shape index (κ2) is 2.41. The van der Waals surface area contributed by atoms with Gasteiger partial charge in [-0.25, -0.2) is 10.9 Å². The van der Waals surface area contributed by atoms with Crippen LogP contribution in [0, 0.1) is 0 Å². The molecule has 1 heterocycles. The van der Waals surface area contributed by atoms with Gasteiger partial charge in [0.2, 0.25) is 0 Å². The van der Waals surface area contributed by atoms with Crippen molar-refractivity contribution in [1.29, 1.82) is 0 Å². The lowest BCUT2D eigenvalue weighted by Gasteiger charge is -2.03. The van der Waals surface area contributed by atoms with Crippen LogP contribution in [-0.4, -0.2) is 19.0 Å². The molecular formula is C4H11N3O. The van der Waals surface area contributed by atoms with Gasteiger partial charge in [-0.15, -0.1) is 0 Å². The molecule has 2 unspecified atom stereocenters. The van der Waals surface area contributed by atoms with Crippen LogP contribution in [0.2, 0.25) is 0 Å². The number of hydrazine groups is 1. The molecule has 0 bridgehead atoms. The molecule has 1 saturated heterocycles. The summed E-state index contributed by atoms with van der Waals surface area (Å²) in [4.78, 5) is 0. The third-order valence-corrected chi connectivity index (χ3v) is 1.03. The van der Waals surface area contributed by atoms with Gasteiger partial charge in [0.25, 0.3) is 0 Å². The van der Waals surface area contributed by atoms with Crippen molar-refractivity contribution in [1.82, 2.24) is 10.9 Å². The van der Waals surface area contributed by atoms with Gasteiger partial charge < -0.3 is 10.5 Å². The van der Waals surface area contributed by atoms with E-state index in [-0.39, 0.29) is 12.5 Å². The van der Waals surface area contributed by atoms with Gasteiger partial charge in [0.05, 0.1) is 0 Å². The van der Waals surface area contributed by atoms with Crippen molar-refractivity contribution in [2.45, 2.75) is 19.4 Å². The minimum absolute atomic E-state index is 0.00926. The summed E-state index contributed by atoms with van der Waals surface area (Å²) < 4.78 is 5.16. The summed E-state index contributed by atoms with van der Waals surface area (Å²) in [5.74, 6) is 0. The Morgan fingerprint density at radius 2 is 2.38 bits per heavy atom. The lowest BCUT2D eigenvalue weighted by Crippen LogP contribution is -2.36. The summed E-state index contributed by atoms with van der Waals surface area (Å²) in [6.07, 6.45) is 0.0774. The summed E-state index contributed by atoms with van der Waals surface area (Å²) in [6.45, 7) is 2.43. The summed E-state index contributed by atoms with van der Waals surface area (Å²) in [5, 5.41) is 0. The number of ether oxygens (including phenoxy) is 1. The van der Waals surface area contributed by atoms with Crippen LogP contribution in [0.5, 0.6) is 0 Å². The van der Waals surface area contributed by atoms with Crippen LogP contribution in [0.25, 0.3) is 0 Å². The van der Waals surface area contributed by atoms with Crippen molar-refractivity contribution < 1.29 is 4.74 Å². The van der Waals surface area contributed by atoms with E-state index in [0.717, 1.165) is 0 Å². The van der Waals surface area contributed by atoms with Crippen LogP contribution in [0.15, 0.2) is 0 Å². The summed E-state index contributed by atoms with van der Waals surface area (Å²) in [5.41, 5.74) is 11.0. The largest absolute Gasteiger partial charge is 0.342 e. The average Bonchev–Trinajstić information content (AvgIpc) is 2.14. The second-order valence-corrected chi connectivity index (χ2v) is 1.79. The van der Waals surface area contributed by atoms with E-state index >= 15 is 0 Å². The zero-order valence-corrected chi connectivity index (χ0v) is 4.85. The molecule has 0 spiro atoms. The normalized spacial score (nSPS) is 38.2. The Hall–Kier alpha value is -0.160. The fourth-order valence-corrected chi connectivity index (χ4v) is 0.639. The van der Waals surface area contributed by atoms with E-state index in [1.807, 2.05) is 6.92 Å². The third kappa shape index (κ3) is 1.16. The van der Waals surface area contributed by atoms with E-state index in [4.69, 9.17) is 10.5 Å². The highest BCUT2D eigenvalue weighted by molar-refractivity contribution is 4.61. The van der Waals surface area contributed by atoms with Crippen molar-refractivity contribution in [2.75, 3.05) is 6.54 Å². The fraction of sp³-hybridized carbons (Fsp3) is 1.00. The van der Waals surface area contributed by atoms with E-state index < -0.39 is 0 Å². The van der Waals surface area contributed by atoms with Crippen molar-refractivity contribution in [3.05, 3.63) is 0 Å². The average molecular weight is 117 g/mol. The van der Waals surface area contributed by atoms with E-state index in [1.54, 1.807) is 0 Å². The summed E-state index contributed by atoms with van der Waals surface area (Å²) in [6, 6.07) is 0. The standard InChI is InChI=1S/C4H11N3O/c1-3-6-7-4(2-5)8-3/h3-4,6-7H,2,5H2,1H3. The van der Waals surface area contributed by atoms with E-state index in [1.165, 1.54) is 0 Å². The highest BCUT2D eigenvalue weighted by Gasteiger charge is 2.17. The number of nitrogens with two attached hydrogens (primary N) is 1. The molecule has 1 aliphatic heterocycles. The van der Waals surface area contributed by atoms with Gasteiger partial charge in [0.1, 0.15) is 12.5 Å². The zero-order chi connectivity index (χ0) is 5.98. The number of hydrogen-bond donors (Lipinski definition) is 3. The smallest absolute Gasteiger partial charge is 0.134 e. The quantitative estimate of drug-likeness (QED) is 0.401. The minimum atomic E-state index is -0.00926. The molecule has 1 aliphatic rings. The lowest BCUT2D eigenvalue weighted by molar-refractivity contribution is 0.0516. The lowest BCUT2D eigenvalue weighted by atomic mass is 10.6. The molecule has 4 N–H and O–H groups in total. The highest BCUT2D eigenvalue weighted by Crippen LogP contribution is 1.95. The first-order chi connectivity index (χ1) is 3.83. The summed E-state index contributed by atoms with van der Waals surface area (Å²) in [7, 11) is 0. The first-order valence-corrected chi connectivity index (χ1v) is 2.69. The monoisotopic (exact) mass is 117 g/mol. The first-order valence-electron chi connectivity index (χ1n) is 2.69. The van der Waals surface area contributed by atoms with Gasteiger partial charge >= 0.3 is 0 Å². The van der Waals surface area contributed by atoms with Gasteiger partial charge in [-0.05, 0) is 6.92 Å². The SMILES string of the molecule is CC1NNC(CN)O1. The molecule has 8 heavy (non-hydrogen) atoms. The van der Waals surface area contributed by atoms with Crippen molar-refractivity contribution >= 4 is 0 Å². The fourth-order valence-electron chi connectivity index (χ4n) is 0.639. The molecule has 0 aromatic heterocycles. The number of rotatable bonds is 1. The number of hydrogen-bond acceptors (Lipinski definition) is 4. The molecule has 0 aromatic carbocycles. The van der Waals surface area contributed by atoms with E-state index in [2.05, 4.69) is 10.9 Å². The maximum atomic E-state index is 5.27. The molecule has 0 amide bonds. The van der Waals surface area contributed by atoms with E-state index in [9.17, 15) is 0 Å². The minimum Gasteiger partial charge on any atom is -0.342 e.